The fraction of sp³-hybridized carbons (Fsp3) is 0.111. The van der Waals surface area contributed by atoms with Crippen LogP contribution in [0.4, 0.5) is 9.59 Å². The second-order valence-corrected chi connectivity index (χ2v) is 3.93. The van der Waals surface area contributed by atoms with E-state index in [-0.39, 0.29) is 0 Å². The predicted molar refractivity (Wildman–Crippen MR) is 60.9 cm³/mol. The van der Waals surface area contributed by atoms with E-state index in [1.807, 2.05) is 18.2 Å². The van der Waals surface area contributed by atoms with Gasteiger partial charge in [-0.15, -0.1) is 0 Å². The number of nitrogens with zero attached hydrogens (tertiary/aromatic N) is 1. The van der Waals surface area contributed by atoms with Crippen LogP contribution in [0.2, 0.25) is 0 Å². The minimum absolute atomic E-state index is 0.578. The standard InChI is InChI=1S/C9H9NO3S2/c1-10(8(11)14)13-9(12)15-7-5-3-2-4-6-7/h2-6H,1H3,(H,11,14). The van der Waals surface area contributed by atoms with Gasteiger partial charge in [0.1, 0.15) is 0 Å². The zero-order valence-electron chi connectivity index (χ0n) is 7.91. The van der Waals surface area contributed by atoms with Crippen LogP contribution in [0.3, 0.4) is 0 Å². The van der Waals surface area contributed by atoms with Gasteiger partial charge in [0, 0.05) is 11.9 Å². The number of thioether (sulfide) groups is 1. The molecule has 1 rings (SSSR count). The Hall–Kier alpha value is -1.14. The fourth-order valence-electron chi connectivity index (χ4n) is 0.754. The largest absolute Gasteiger partial charge is 0.396 e. The average Bonchev–Trinajstić information content (AvgIpc) is 2.18. The van der Waals surface area contributed by atoms with Gasteiger partial charge in [0.2, 0.25) is 0 Å². The van der Waals surface area contributed by atoms with Crippen molar-refractivity contribution in [1.29, 1.82) is 0 Å². The maximum absolute atomic E-state index is 11.2. The Morgan fingerprint density at radius 3 is 2.47 bits per heavy atom. The summed E-state index contributed by atoms with van der Waals surface area (Å²) in [5.41, 5.74) is 0. The summed E-state index contributed by atoms with van der Waals surface area (Å²) in [6.07, 6.45) is 0. The van der Waals surface area contributed by atoms with E-state index < -0.39 is 10.5 Å². The lowest BCUT2D eigenvalue weighted by Crippen LogP contribution is -2.23. The van der Waals surface area contributed by atoms with Crippen LogP contribution in [0, 0.1) is 0 Å². The summed E-state index contributed by atoms with van der Waals surface area (Å²) in [4.78, 5) is 27.3. The molecule has 1 aromatic rings. The molecule has 0 spiro atoms. The van der Waals surface area contributed by atoms with E-state index in [2.05, 4.69) is 17.5 Å². The monoisotopic (exact) mass is 243 g/mol. The van der Waals surface area contributed by atoms with Crippen LogP contribution >= 0.6 is 24.4 Å². The lowest BCUT2D eigenvalue weighted by molar-refractivity contribution is -0.0120. The summed E-state index contributed by atoms with van der Waals surface area (Å²) in [7, 11) is 1.32. The van der Waals surface area contributed by atoms with E-state index in [9.17, 15) is 9.59 Å². The van der Waals surface area contributed by atoms with E-state index in [0.717, 1.165) is 21.7 Å². The molecule has 0 unspecified atom stereocenters. The van der Waals surface area contributed by atoms with E-state index >= 15 is 0 Å². The number of amides is 1. The molecule has 0 aliphatic heterocycles. The highest BCUT2D eigenvalue weighted by atomic mass is 32.2. The van der Waals surface area contributed by atoms with Crippen LogP contribution in [0.25, 0.3) is 0 Å². The smallest absolute Gasteiger partial charge is 0.326 e. The zero-order valence-corrected chi connectivity index (χ0v) is 9.63. The first-order valence-electron chi connectivity index (χ1n) is 4.01. The zero-order chi connectivity index (χ0) is 11.3. The Morgan fingerprint density at radius 1 is 1.33 bits per heavy atom. The first kappa shape index (κ1) is 11.9. The molecule has 0 aliphatic carbocycles. The van der Waals surface area contributed by atoms with Crippen LogP contribution in [0.15, 0.2) is 35.2 Å². The van der Waals surface area contributed by atoms with Gasteiger partial charge in [-0.25, -0.2) is 4.79 Å². The SMILES string of the molecule is CN(OC(=O)Sc1ccccc1)C(=O)S. The van der Waals surface area contributed by atoms with Crippen molar-refractivity contribution in [3.8, 4) is 0 Å². The minimum Gasteiger partial charge on any atom is -0.326 e. The Morgan fingerprint density at radius 2 is 1.93 bits per heavy atom. The molecule has 0 fully saturated rings. The molecule has 0 aliphatic rings. The van der Waals surface area contributed by atoms with E-state index in [1.54, 1.807) is 12.1 Å². The molecule has 0 atom stereocenters. The lowest BCUT2D eigenvalue weighted by atomic mass is 10.4. The molecule has 0 radical (unpaired) electrons. The number of hydroxylamine groups is 2. The fourth-order valence-corrected chi connectivity index (χ4v) is 1.43. The lowest BCUT2D eigenvalue weighted by Gasteiger charge is -2.12. The van der Waals surface area contributed by atoms with Gasteiger partial charge in [-0.3, -0.25) is 4.79 Å². The highest BCUT2D eigenvalue weighted by molar-refractivity contribution is 8.13. The van der Waals surface area contributed by atoms with E-state index in [1.165, 1.54) is 7.05 Å². The van der Waals surface area contributed by atoms with E-state index in [0.29, 0.717) is 0 Å². The molecule has 6 heteroatoms. The molecule has 0 saturated carbocycles. The molecule has 1 amide bonds. The van der Waals surface area contributed by atoms with Gasteiger partial charge in [-0.05, 0) is 23.9 Å². The van der Waals surface area contributed by atoms with Crippen molar-refractivity contribution in [3.05, 3.63) is 30.3 Å². The van der Waals surface area contributed by atoms with Gasteiger partial charge < -0.3 is 4.84 Å². The molecule has 0 heterocycles. The van der Waals surface area contributed by atoms with Crippen molar-refractivity contribution >= 4 is 34.9 Å². The van der Waals surface area contributed by atoms with Crippen molar-refractivity contribution in [2.75, 3.05) is 7.05 Å². The van der Waals surface area contributed by atoms with Crippen molar-refractivity contribution < 1.29 is 14.4 Å². The van der Waals surface area contributed by atoms with Gasteiger partial charge in [-0.1, -0.05) is 30.8 Å². The van der Waals surface area contributed by atoms with Crippen LogP contribution < -0.4 is 0 Å². The van der Waals surface area contributed by atoms with Gasteiger partial charge >= 0.3 is 10.5 Å². The second-order valence-electron chi connectivity index (χ2n) is 2.54. The molecule has 0 saturated heterocycles. The molecule has 0 N–H and O–H groups in total. The maximum atomic E-state index is 11.2. The molecule has 0 aromatic heterocycles. The van der Waals surface area contributed by atoms with Gasteiger partial charge in [0.25, 0.3) is 0 Å². The average molecular weight is 243 g/mol. The van der Waals surface area contributed by atoms with Crippen molar-refractivity contribution in [1.82, 2.24) is 5.06 Å². The highest BCUT2D eigenvalue weighted by Crippen LogP contribution is 2.19. The topological polar surface area (TPSA) is 46.6 Å². The Bertz CT molecular complexity index is 356. The molecule has 80 valence electrons. The van der Waals surface area contributed by atoms with Gasteiger partial charge in [0.15, 0.2) is 0 Å². The molecule has 4 nitrogen and oxygen atoms in total. The van der Waals surface area contributed by atoms with Crippen LogP contribution in [-0.4, -0.2) is 22.7 Å². The Balaban J connectivity index is 2.47. The highest BCUT2D eigenvalue weighted by Gasteiger charge is 2.11. The molecular weight excluding hydrogens is 234 g/mol. The number of hydrogen-bond acceptors (Lipinski definition) is 4. The third-order valence-electron chi connectivity index (χ3n) is 1.43. The first-order valence-corrected chi connectivity index (χ1v) is 5.27. The third-order valence-corrected chi connectivity index (χ3v) is 2.46. The maximum Gasteiger partial charge on any atom is 0.396 e. The normalized spacial score (nSPS) is 9.47. The van der Waals surface area contributed by atoms with Gasteiger partial charge in [0.05, 0.1) is 0 Å². The summed E-state index contributed by atoms with van der Waals surface area (Å²) in [5, 5.41) is -0.440. The van der Waals surface area contributed by atoms with E-state index in [4.69, 9.17) is 0 Å². The number of thiol groups is 1. The van der Waals surface area contributed by atoms with Crippen molar-refractivity contribution in [3.63, 3.8) is 0 Å². The van der Waals surface area contributed by atoms with Crippen molar-refractivity contribution in [2.45, 2.75) is 4.90 Å². The number of rotatable bonds is 1. The summed E-state index contributed by atoms with van der Waals surface area (Å²) < 4.78 is 0. The van der Waals surface area contributed by atoms with Crippen LogP contribution in [0.5, 0.6) is 0 Å². The Kier molecular flexibility index (Phi) is 4.51. The minimum atomic E-state index is -0.628. The number of benzene rings is 1. The summed E-state index contributed by atoms with van der Waals surface area (Å²) in [6, 6.07) is 9.01. The van der Waals surface area contributed by atoms with Crippen LogP contribution in [-0.2, 0) is 4.84 Å². The molecule has 1 aromatic carbocycles. The summed E-state index contributed by atoms with van der Waals surface area (Å²) in [6.45, 7) is 0. The molecule has 15 heavy (non-hydrogen) atoms. The second kappa shape index (κ2) is 5.67. The Labute approximate surface area is 97.0 Å². The van der Waals surface area contributed by atoms with Crippen molar-refractivity contribution in [2.24, 2.45) is 0 Å². The number of hydrogen-bond donors (Lipinski definition) is 1. The molecule has 0 bridgehead atoms. The number of carbonyl (C=O) groups is 2. The predicted octanol–water partition coefficient (Wildman–Crippen LogP) is 2.81. The first-order chi connectivity index (χ1) is 7.09. The quantitative estimate of drug-likeness (QED) is 0.468. The molecular formula is C9H9NO3S2. The van der Waals surface area contributed by atoms with Crippen LogP contribution in [0.1, 0.15) is 0 Å². The summed E-state index contributed by atoms with van der Waals surface area (Å²) in [5.74, 6) is 0. The van der Waals surface area contributed by atoms with Gasteiger partial charge in [-0.2, -0.15) is 5.06 Å². The third kappa shape index (κ3) is 4.26. The summed E-state index contributed by atoms with van der Waals surface area (Å²) >= 11 is 4.39. The number of carbonyl (C=O) groups excluding carboxylic acids is 2.